The van der Waals surface area contributed by atoms with E-state index in [1.165, 1.54) is 6.92 Å². The van der Waals surface area contributed by atoms with Crippen LogP contribution in [0, 0.1) is 5.82 Å². The molecule has 1 saturated heterocycles. The van der Waals surface area contributed by atoms with Crippen LogP contribution in [0.4, 0.5) is 10.1 Å². The molecular formula is C16H25FN4O. The van der Waals surface area contributed by atoms with Crippen LogP contribution in [-0.4, -0.2) is 57.1 Å². The number of benzene rings is 1. The van der Waals surface area contributed by atoms with Crippen molar-refractivity contribution in [2.45, 2.75) is 13.5 Å². The highest BCUT2D eigenvalue weighted by Crippen LogP contribution is 2.22. The van der Waals surface area contributed by atoms with Crippen molar-refractivity contribution in [3.8, 4) is 0 Å². The molecular weight excluding hydrogens is 283 g/mol. The lowest BCUT2D eigenvalue weighted by Gasteiger charge is -2.34. The Kier molecular flexibility index (Phi) is 6.15. The number of likely N-dealkylation sites (N-methyl/N-ethyl adjacent to an activating group) is 1. The normalized spacial score (nSPS) is 15.9. The SMILES string of the molecule is CC(=O)NCCNCc1ccc(F)c(N2CCN(C)CC2)c1. The molecule has 5 nitrogen and oxygen atoms in total. The lowest BCUT2D eigenvalue weighted by Crippen LogP contribution is -2.44. The number of carbonyl (C=O) groups excluding carboxylic acids is 1. The fraction of sp³-hybridized carbons (Fsp3) is 0.562. The second-order valence-corrected chi connectivity index (χ2v) is 5.74. The Balaban J connectivity index is 1.88. The van der Waals surface area contributed by atoms with Crippen molar-refractivity contribution in [1.29, 1.82) is 0 Å². The van der Waals surface area contributed by atoms with E-state index in [4.69, 9.17) is 0 Å². The quantitative estimate of drug-likeness (QED) is 0.763. The van der Waals surface area contributed by atoms with Crippen LogP contribution in [0.3, 0.4) is 0 Å². The first-order valence-electron chi connectivity index (χ1n) is 7.73. The van der Waals surface area contributed by atoms with Gasteiger partial charge in [-0.3, -0.25) is 4.79 Å². The van der Waals surface area contributed by atoms with Crippen LogP contribution in [-0.2, 0) is 11.3 Å². The third kappa shape index (κ3) is 4.96. The first-order chi connectivity index (χ1) is 10.6. The Morgan fingerprint density at radius 1 is 1.23 bits per heavy atom. The van der Waals surface area contributed by atoms with Crippen molar-refractivity contribution < 1.29 is 9.18 Å². The van der Waals surface area contributed by atoms with Crippen LogP contribution in [0.25, 0.3) is 0 Å². The van der Waals surface area contributed by atoms with E-state index in [1.54, 1.807) is 12.1 Å². The standard InChI is InChI=1S/C16H25FN4O/c1-13(22)19-6-5-18-12-14-3-4-15(17)16(11-14)21-9-7-20(2)8-10-21/h3-4,11,18H,5-10,12H2,1-2H3,(H,19,22). The zero-order valence-electron chi connectivity index (χ0n) is 13.4. The minimum atomic E-state index is -0.161. The van der Waals surface area contributed by atoms with E-state index in [1.807, 2.05) is 6.07 Å². The van der Waals surface area contributed by atoms with Gasteiger partial charge in [-0.25, -0.2) is 4.39 Å². The molecule has 1 fully saturated rings. The zero-order valence-corrected chi connectivity index (χ0v) is 13.4. The molecule has 2 rings (SSSR count). The van der Waals surface area contributed by atoms with Gasteiger partial charge in [0.2, 0.25) is 5.91 Å². The molecule has 0 atom stereocenters. The summed E-state index contributed by atoms with van der Waals surface area (Å²) in [5.41, 5.74) is 1.74. The second kappa shape index (κ2) is 8.10. The van der Waals surface area contributed by atoms with E-state index in [9.17, 15) is 9.18 Å². The maximum absolute atomic E-state index is 14.1. The average Bonchev–Trinajstić information content (AvgIpc) is 2.49. The van der Waals surface area contributed by atoms with Gasteiger partial charge in [0.25, 0.3) is 0 Å². The molecule has 22 heavy (non-hydrogen) atoms. The fourth-order valence-corrected chi connectivity index (χ4v) is 2.52. The Labute approximate surface area is 131 Å². The average molecular weight is 308 g/mol. The van der Waals surface area contributed by atoms with E-state index >= 15 is 0 Å². The molecule has 1 amide bonds. The van der Waals surface area contributed by atoms with Crippen LogP contribution in [0.1, 0.15) is 12.5 Å². The summed E-state index contributed by atoms with van der Waals surface area (Å²) in [5.74, 6) is -0.188. The molecule has 1 aromatic rings. The van der Waals surface area contributed by atoms with Crippen molar-refractivity contribution in [2.75, 3.05) is 51.2 Å². The fourth-order valence-electron chi connectivity index (χ4n) is 2.52. The molecule has 2 N–H and O–H groups in total. The lowest BCUT2D eigenvalue weighted by atomic mass is 10.1. The van der Waals surface area contributed by atoms with Gasteiger partial charge in [-0.15, -0.1) is 0 Å². The highest BCUT2D eigenvalue weighted by Gasteiger charge is 2.17. The summed E-state index contributed by atoms with van der Waals surface area (Å²) in [6, 6.07) is 5.27. The zero-order chi connectivity index (χ0) is 15.9. The molecule has 0 spiro atoms. The number of piperazine rings is 1. The number of hydrogen-bond donors (Lipinski definition) is 2. The van der Waals surface area contributed by atoms with Crippen molar-refractivity contribution in [1.82, 2.24) is 15.5 Å². The third-order valence-corrected chi connectivity index (χ3v) is 3.86. The molecule has 1 aromatic carbocycles. The molecule has 0 radical (unpaired) electrons. The summed E-state index contributed by atoms with van der Waals surface area (Å²) < 4.78 is 14.1. The highest BCUT2D eigenvalue weighted by molar-refractivity contribution is 5.72. The molecule has 0 aromatic heterocycles. The number of halogens is 1. The van der Waals surface area contributed by atoms with Gasteiger partial charge in [-0.2, -0.15) is 0 Å². The first-order valence-corrected chi connectivity index (χ1v) is 7.73. The maximum Gasteiger partial charge on any atom is 0.216 e. The summed E-state index contributed by atoms with van der Waals surface area (Å²) in [4.78, 5) is 15.1. The number of rotatable bonds is 6. The summed E-state index contributed by atoms with van der Waals surface area (Å²) in [6.45, 7) is 7.09. The van der Waals surface area contributed by atoms with E-state index in [2.05, 4.69) is 27.5 Å². The lowest BCUT2D eigenvalue weighted by molar-refractivity contribution is -0.118. The van der Waals surface area contributed by atoms with Crippen LogP contribution in [0.2, 0.25) is 0 Å². The van der Waals surface area contributed by atoms with Crippen LogP contribution in [0.5, 0.6) is 0 Å². The summed E-state index contributed by atoms with van der Waals surface area (Å²) in [5, 5.41) is 5.98. The van der Waals surface area contributed by atoms with Crippen molar-refractivity contribution in [3.05, 3.63) is 29.6 Å². The van der Waals surface area contributed by atoms with Gasteiger partial charge in [-0.05, 0) is 24.7 Å². The van der Waals surface area contributed by atoms with Gasteiger partial charge in [0, 0.05) is 52.7 Å². The van der Waals surface area contributed by atoms with Crippen molar-refractivity contribution >= 4 is 11.6 Å². The van der Waals surface area contributed by atoms with E-state index in [-0.39, 0.29) is 11.7 Å². The Hall–Kier alpha value is -1.66. The summed E-state index contributed by atoms with van der Waals surface area (Å²) in [6.07, 6.45) is 0. The number of carbonyl (C=O) groups is 1. The summed E-state index contributed by atoms with van der Waals surface area (Å²) in [7, 11) is 2.09. The Morgan fingerprint density at radius 3 is 2.64 bits per heavy atom. The van der Waals surface area contributed by atoms with E-state index in [0.717, 1.165) is 31.7 Å². The molecule has 0 aliphatic carbocycles. The number of nitrogens with one attached hydrogen (secondary N) is 2. The monoisotopic (exact) mass is 308 g/mol. The second-order valence-electron chi connectivity index (χ2n) is 5.74. The minimum Gasteiger partial charge on any atom is -0.367 e. The minimum absolute atomic E-state index is 0.0269. The van der Waals surface area contributed by atoms with Gasteiger partial charge in [0.05, 0.1) is 5.69 Å². The Bertz CT molecular complexity index is 501. The molecule has 122 valence electrons. The predicted octanol–water partition coefficient (Wildman–Crippen LogP) is 0.803. The molecule has 1 heterocycles. The highest BCUT2D eigenvalue weighted by atomic mass is 19.1. The molecule has 0 bridgehead atoms. The third-order valence-electron chi connectivity index (χ3n) is 3.86. The van der Waals surface area contributed by atoms with E-state index < -0.39 is 0 Å². The summed E-state index contributed by atoms with van der Waals surface area (Å²) >= 11 is 0. The molecule has 0 unspecified atom stereocenters. The van der Waals surface area contributed by atoms with E-state index in [0.29, 0.717) is 25.3 Å². The van der Waals surface area contributed by atoms with Crippen molar-refractivity contribution in [2.24, 2.45) is 0 Å². The van der Waals surface area contributed by atoms with Gasteiger partial charge in [0.1, 0.15) is 5.82 Å². The van der Waals surface area contributed by atoms with Crippen molar-refractivity contribution in [3.63, 3.8) is 0 Å². The molecule has 1 aliphatic heterocycles. The smallest absolute Gasteiger partial charge is 0.216 e. The predicted molar refractivity (Wildman–Crippen MR) is 86.5 cm³/mol. The van der Waals surface area contributed by atoms with Crippen LogP contribution >= 0.6 is 0 Å². The largest absolute Gasteiger partial charge is 0.367 e. The van der Waals surface area contributed by atoms with Gasteiger partial charge in [-0.1, -0.05) is 6.07 Å². The van der Waals surface area contributed by atoms with Gasteiger partial charge < -0.3 is 20.4 Å². The molecule has 0 saturated carbocycles. The van der Waals surface area contributed by atoms with Crippen LogP contribution in [0.15, 0.2) is 18.2 Å². The topological polar surface area (TPSA) is 47.6 Å². The first kappa shape index (κ1) is 16.7. The number of hydrogen-bond acceptors (Lipinski definition) is 4. The number of nitrogens with zero attached hydrogens (tertiary/aromatic N) is 2. The number of anilines is 1. The number of amides is 1. The molecule has 1 aliphatic rings. The van der Waals surface area contributed by atoms with Gasteiger partial charge in [0.15, 0.2) is 0 Å². The molecule has 6 heteroatoms. The Morgan fingerprint density at radius 2 is 1.95 bits per heavy atom. The maximum atomic E-state index is 14.1. The van der Waals surface area contributed by atoms with Gasteiger partial charge >= 0.3 is 0 Å². The van der Waals surface area contributed by atoms with Crippen LogP contribution < -0.4 is 15.5 Å².